The summed E-state index contributed by atoms with van der Waals surface area (Å²) >= 11 is 6.12. The molecular weight excluding hydrogens is 450 g/mol. The number of anilines is 2. The van der Waals surface area contributed by atoms with Crippen LogP contribution in [0.5, 0.6) is 0 Å². The largest absolute Gasteiger partial charge is 0.324 e. The molecule has 2 amide bonds. The van der Waals surface area contributed by atoms with E-state index in [1.54, 1.807) is 24.3 Å². The Morgan fingerprint density at radius 3 is 2.53 bits per heavy atom. The zero-order valence-corrected chi connectivity index (χ0v) is 19.5. The summed E-state index contributed by atoms with van der Waals surface area (Å²) in [6.07, 6.45) is 3.46. The standard InChI is InChI=1S/C23H26ClN3O4S/c1-16-5-7-18(14-20(16)24)25-22(28)15-27-21-9-8-19(13-17(21)6-10-23(27)29)32(30,31)26-11-3-2-4-12-26/h5,7-9,13-14H,2-4,6,10-12,15H2,1H3,(H,25,28). The number of nitrogens with one attached hydrogen (secondary N) is 1. The molecule has 0 unspecified atom stereocenters. The van der Waals surface area contributed by atoms with Crippen molar-refractivity contribution in [2.75, 3.05) is 29.9 Å². The second kappa shape index (κ2) is 9.21. The molecule has 0 aromatic heterocycles. The van der Waals surface area contributed by atoms with Crippen molar-refractivity contribution >= 4 is 44.8 Å². The quantitative estimate of drug-likeness (QED) is 0.713. The fourth-order valence-corrected chi connectivity index (χ4v) is 5.89. The van der Waals surface area contributed by atoms with Crippen molar-refractivity contribution in [3.05, 3.63) is 52.5 Å². The first-order valence-electron chi connectivity index (χ1n) is 10.7. The van der Waals surface area contributed by atoms with Gasteiger partial charge in [0.1, 0.15) is 6.54 Å². The van der Waals surface area contributed by atoms with E-state index in [4.69, 9.17) is 11.6 Å². The van der Waals surface area contributed by atoms with Crippen LogP contribution in [0.1, 0.15) is 36.8 Å². The zero-order valence-electron chi connectivity index (χ0n) is 17.9. The SMILES string of the molecule is Cc1ccc(NC(=O)CN2C(=O)CCc3cc(S(=O)(=O)N4CCCCC4)ccc32)cc1Cl. The van der Waals surface area contributed by atoms with Crippen molar-refractivity contribution in [2.24, 2.45) is 0 Å². The average Bonchev–Trinajstić information content (AvgIpc) is 2.78. The van der Waals surface area contributed by atoms with Gasteiger partial charge in [0.15, 0.2) is 0 Å². The highest BCUT2D eigenvalue weighted by molar-refractivity contribution is 7.89. The molecule has 7 nitrogen and oxygen atoms in total. The van der Waals surface area contributed by atoms with E-state index in [1.807, 2.05) is 13.0 Å². The van der Waals surface area contributed by atoms with E-state index in [2.05, 4.69) is 5.32 Å². The van der Waals surface area contributed by atoms with Crippen molar-refractivity contribution in [3.63, 3.8) is 0 Å². The zero-order chi connectivity index (χ0) is 22.9. The summed E-state index contributed by atoms with van der Waals surface area (Å²) in [6.45, 7) is 2.78. The van der Waals surface area contributed by atoms with Gasteiger partial charge in [-0.1, -0.05) is 24.1 Å². The molecule has 1 N–H and O–H groups in total. The number of piperidine rings is 1. The van der Waals surface area contributed by atoms with Crippen molar-refractivity contribution in [1.29, 1.82) is 0 Å². The van der Waals surface area contributed by atoms with E-state index in [0.717, 1.165) is 30.4 Å². The van der Waals surface area contributed by atoms with Gasteiger partial charge in [0.05, 0.1) is 4.90 Å². The molecule has 1 fully saturated rings. The van der Waals surface area contributed by atoms with Gasteiger partial charge in [-0.15, -0.1) is 0 Å². The minimum atomic E-state index is -3.56. The number of carbonyl (C=O) groups is 2. The number of hydrogen-bond donors (Lipinski definition) is 1. The van der Waals surface area contributed by atoms with Gasteiger partial charge >= 0.3 is 0 Å². The molecule has 0 atom stereocenters. The number of amides is 2. The van der Waals surface area contributed by atoms with E-state index in [0.29, 0.717) is 35.9 Å². The second-order valence-electron chi connectivity index (χ2n) is 8.25. The van der Waals surface area contributed by atoms with E-state index in [-0.39, 0.29) is 29.7 Å². The molecule has 0 radical (unpaired) electrons. The summed E-state index contributed by atoms with van der Waals surface area (Å²) in [5.41, 5.74) is 2.79. The summed E-state index contributed by atoms with van der Waals surface area (Å²) in [4.78, 5) is 26.8. The molecule has 4 rings (SSSR count). The molecule has 0 bridgehead atoms. The first-order valence-corrected chi connectivity index (χ1v) is 12.6. The van der Waals surface area contributed by atoms with Gasteiger partial charge in [0.25, 0.3) is 0 Å². The third kappa shape index (κ3) is 4.67. The predicted octanol–water partition coefficient (Wildman–Crippen LogP) is 3.74. The number of rotatable bonds is 5. The first kappa shape index (κ1) is 22.8. The molecule has 2 aliphatic rings. The van der Waals surface area contributed by atoms with Gasteiger partial charge in [-0.05, 0) is 67.6 Å². The van der Waals surface area contributed by atoms with Crippen LogP contribution in [0.3, 0.4) is 0 Å². The Hall–Kier alpha value is -2.42. The molecule has 170 valence electrons. The van der Waals surface area contributed by atoms with Gasteiger partial charge in [-0.2, -0.15) is 4.31 Å². The molecule has 0 spiro atoms. The summed E-state index contributed by atoms with van der Waals surface area (Å²) in [5.74, 6) is -0.516. The fourth-order valence-electron chi connectivity index (χ4n) is 4.14. The lowest BCUT2D eigenvalue weighted by Gasteiger charge is -2.30. The third-order valence-corrected chi connectivity index (χ3v) is 8.26. The van der Waals surface area contributed by atoms with Crippen LogP contribution in [0.25, 0.3) is 0 Å². The van der Waals surface area contributed by atoms with Crippen LogP contribution >= 0.6 is 11.6 Å². The highest BCUT2D eigenvalue weighted by atomic mass is 35.5. The predicted molar refractivity (Wildman–Crippen MR) is 125 cm³/mol. The summed E-state index contributed by atoms with van der Waals surface area (Å²) < 4.78 is 27.6. The number of nitrogens with zero attached hydrogens (tertiary/aromatic N) is 2. The monoisotopic (exact) mass is 475 g/mol. The number of aryl methyl sites for hydroxylation is 2. The molecule has 2 aromatic rings. The summed E-state index contributed by atoms with van der Waals surface area (Å²) in [5, 5.41) is 3.31. The number of benzene rings is 2. The highest BCUT2D eigenvalue weighted by Crippen LogP contribution is 2.31. The fraction of sp³-hybridized carbons (Fsp3) is 0.391. The van der Waals surface area contributed by atoms with Crippen LogP contribution in [-0.2, 0) is 26.0 Å². The van der Waals surface area contributed by atoms with Crippen LogP contribution in [0, 0.1) is 6.92 Å². The summed E-state index contributed by atoms with van der Waals surface area (Å²) in [7, 11) is -3.56. The molecule has 2 aliphatic heterocycles. The van der Waals surface area contributed by atoms with E-state index in [9.17, 15) is 18.0 Å². The average molecular weight is 476 g/mol. The topological polar surface area (TPSA) is 86.8 Å². The van der Waals surface area contributed by atoms with Crippen molar-refractivity contribution < 1.29 is 18.0 Å². The Bertz CT molecular complexity index is 1160. The van der Waals surface area contributed by atoms with E-state index in [1.165, 1.54) is 15.3 Å². The van der Waals surface area contributed by atoms with Gasteiger partial charge in [0.2, 0.25) is 21.8 Å². The third-order valence-electron chi connectivity index (χ3n) is 5.96. The molecule has 2 aromatic carbocycles. The smallest absolute Gasteiger partial charge is 0.244 e. The van der Waals surface area contributed by atoms with Crippen LogP contribution in [0.4, 0.5) is 11.4 Å². The molecule has 0 saturated carbocycles. The Morgan fingerprint density at radius 2 is 1.81 bits per heavy atom. The lowest BCUT2D eigenvalue weighted by atomic mass is 10.0. The Labute approximate surface area is 193 Å². The second-order valence-corrected chi connectivity index (χ2v) is 10.6. The number of fused-ring (bicyclic) bond motifs is 1. The van der Waals surface area contributed by atoms with Gasteiger partial charge in [-0.3, -0.25) is 9.59 Å². The van der Waals surface area contributed by atoms with Crippen molar-refractivity contribution in [3.8, 4) is 0 Å². The molecule has 0 aliphatic carbocycles. The van der Waals surface area contributed by atoms with Gasteiger partial charge in [0, 0.05) is 35.9 Å². The van der Waals surface area contributed by atoms with Gasteiger partial charge in [-0.25, -0.2) is 8.42 Å². The van der Waals surface area contributed by atoms with E-state index < -0.39 is 10.0 Å². The maximum absolute atomic E-state index is 13.0. The van der Waals surface area contributed by atoms with E-state index >= 15 is 0 Å². The highest BCUT2D eigenvalue weighted by Gasteiger charge is 2.30. The minimum Gasteiger partial charge on any atom is -0.324 e. The van der Waals surface area contributed by atoms with Crippen molar-refractivity contribution in [1.82, 2.24) is 4.31 Å². The Morgan fingerprint density at radius 1 is 1.06 bits per heavy atom. The van der Waals surface area contributed by atoms with Gasteiger partial charge < -0.3 is 10.2 Å². The first-order chi connectivity index (χ1) is 15.3. The van der Waals surface area contributed by atoms with Crippen LogP contribution in [0.2, 0.25) is 5.02 Å². The lowest BCUT2D eigenvalue weighted by molar-refractivity contribution is -0.121. The summed E-state index contributed by atoms with van der Waals surface area (Å²) in [6, 6.07) is 10.0. The molecule has 32 heavy (non-hydrogen) atoms. The molecule has 9 heteroatoms. The van der Waals surface area contributed by atoms with Crippen LogP contribution < -0.4 is 10.2 Å². The lowest BCUT2D eigenvalue weighted by Crippen LogP contribution is -2.41. The number of sulfonamides is 1. The minimum absolute atomic E-state index is 0.157. The molecular formula is C23H26ClN3O4S. The maximum atomic E-state index is 13.0. The van der Waals surface area contributed by atoms with Crippen molar-refractivity contribution in [2.45, 2.75) is 43.9 Å². The maximum Gasteiger partial charge on any atom is 0.244 e. The van der Waals surface area contributed by atoms with Crippen LogP contribution in [0.15, 0.2) is 41.3 Å². The van der Waals surface area contributed by atoms with Crippen LogP contribution in [-0.4, -0.2) is 44.2 Å². The Kier molecular flexibility index (Phi) is 6.55. The molecule has 2 heterocycles. The number of carbonyl (C=O) groups excluding carboxylic acids is 2. The Balaban J connectivity index is 1.53. The number of hydrogen-bond acceptors (Lipinski definition) is 4. The molecule has 1 saturated heterocycles. The normalized spacial score (nSPS) is 17.2. The number of halogens is 1.